The fourth-order valence-electron chi connectivity index (χ4n) is 9.47. The standard InChI is InChI=1S/C57H64F6O10/c1-9-65-24-25-67-27-29-69-31-33-71-41-19-21-43-45(35-41)73-51-47(43)49-48(55(58,59)57(62,63)56(49,60)61)46-42-20-18-40(70-32-30-68-28-26-66-23-22-64-8)34-44(42)72-50(46)54(51,38-14-10-36(11-15-38)52(2,3)4)39-16-12-37(13-17-39)53(5,6)7/h10-21,34-35H,9,22-33H2,1-8H3. The van der Waals surface area contributed by atoms with Crippen LogP contribution in [0.15, 0.2) is 93.8 Å². The van der Waals surface area contributed by atoms with Crippen molar-refractivity contribution in [2.24, 2.45) is 0 Å². The second-order valence-corrected chi connectivity index (χ2v) is 20.1. The highest BCUT2D eigenvalue weighted by Gasteiger charge is 2.82. The van der Waals surface area contributed by atoms with E-state index in [9.17, 15) is 0 Å². The Morgan fingerprint density at radius 2 is 0.808 bits per heavy atom. The molecule has 0 N–H and O–H groups in total. The molecule has 0 fully saturated rings. The molecule has 0 saturated heterocycles. The minimum atomic E-state index is -5.88. The van der Waals surface area contributed by atoms with Crippen LogP contribution in [0.25, 0.3) is 33.1 Å². The topological polar surface area (TPSA) is 100 Å². The van der Waals surface area contributed by atoms with Crippen molar-refractivity contribution in [1.82, 2.24) is 0 Å². The number of allylic oxidation sites excluding steroid dienone is 2. The smallest absolute Gasteiger partial charge is 0.380 e. The number of hydrogen-bond acceptors (Lipinski definition) is 10. The Labute approximate surface area is 421 Å². The first-order valence-corrected chi connectivity index (χ1v) is 24.6. The first-order chi connectivity index (χ1) is 34.7. The molecule has 2 heterocycles. The summed E-state index contributed by atoms with van der Waals surface area (Å²) < 4.78 is 160. The van der Waals surface area contributed by atoms with Crippen molar-refractivity contribution in [3.63, 3.8) is 0 Å². The summed E-state index contributed by atoms with van der Waals surface area (Å²) in [6, 6.07) is 23.1. The lowest BCUT2D eigenvalue weighted by Gasteiger charge is -2.35. The third kappa shape index (κ3) is 10.1. The molecule has 2 aliphatic carbocycles. The van der Waals surface area contributed by atoms with Crippen LogP contribution in [-0.2, 0) is 44.7 Å². The second-order valence-electron chi connectivity index (χ2n) is 20.1. The van der Waals surface area contributed by atoms with E-state index < -0.39 is 45.5 Å². The molecular weight excluding hydrogens is 959 g/mol. The van der Waals surface area contributed by atoms with Gasteiger partial charge in [-0.2, -0.15) is 26.3 Å². The number of halogens is 6. The van der Waals surface area contributed by atoms with E-state index in [4.69, 9.17) is 46.7 Å². The number of fused-ring (bicyclic) bond motifs is 8. The normalized spacial score (nSPS) is 16.7. The van der Waals surface area contributed by atoms with E-state index in [-0.39, 0.29) is 95.4 Å². The Morgan fingerprint density at radius 1 is 0.452 bits per heavy atom. The van der Waals surface area contributed by atoms with Crippen LogP contribution in [-0.4, -0.2) is 111 Å². The molecule has 0 atom stereocenters. The predicted molar refractivity (Wildman–Crippen MR) is 266 cm³/mol. The maximum atomic E-state index is 17.2. The average molecular weight is 1020 g/mol. The molecule has 0 aliphatic heterocycles. The van der Waals surface area contributed by atoms with Crippen LogP contribution in [0.1, 0.15) is 93.4 Å². The maximum absolute atomic E-state index is 17.2. The van der Waals surface area contributed by atoms with E-state index in [2.05, 4.69) is 0 Å². The lowest BCUT2D eigenvalue weighted by Crippen LogP contribution is -2.49. The van der Waals surface area contributed by atoms with Gasteiger partial charge in [-0.25, -0.2) is 0 Å². The summed E-state index contributed by atoms with van der Waals surface area (Å²) in [6.45, 7) is 18.1. The van der Waals surface area contributed by atoms with Crippen LogP contribution in [0.5, 0.6) is 11.5 Å². The van der Waals surface area contributed by atoms with Crippen molar-refractivity contribution in [3.8, 4) is 11.5 Å². The number of rotatable bonds is 23. The zero-order chi connectivity index (χ0) is 52.4. The van der Waals surface area contributed by atoms with Crippen LogP contribution in [0.4, 0.5) is 26.3 Å². The number of benzene rings is 4. The third-order valence-corrected chi connectivity index (χ3v) is 13.3. The average Bonchev–Trinajstić information content (AvgIpc) is 3.90. The van der Waals surface area contributed by atoms with E-state index in [1.807, 2.05) is 72.7 Å². The summed E-state index contributed by atoms with van der Waals surface area (Å²) >= 11 is 0. The van der Waals surface area contributed by atoms with Gasteiger partial charge in [-0.1, -0.05) is 90.1 Å². The third-order valence-electron chi connectivity index (χ3n) is 13.3. The van der Waals surface area contributed by atoms with Crippen LogP contribution in [0, 0.1) is 0 Å². The van der Waals surface area contributed by atoms with E-state index >= 15 is 26.3 Å². The zero-order valence-electron chi connectivity index (χ0n) is 42.6. The van der Waals surface area contributed by atoms with Gasteiger partial charge in [-0.3, -0.25) is 0 Å². The molecule has 8 rings (SSSR count). The fourth-order valence-corrected chi connectivity index (χ4v) is 9.47. The molecule has 0 spiro atoms. The lowest BCUT2D eigenvalue weighted by atomic mass is 9.67. The number of ether oxygens (including phenoxy) is 8. The van der Waals surface area contributed by atoms with Crippen molar-refractivity contribution in [3.05, 3.63) is 130 Å². The highest BCUT2D eigenvalue weighted by molar-refractivity contribution is 6.14. The summed E-state index contributed by atoms with van der Waals surface area (Å²) in [7, 11) is 1.57. The maximum Gasteiger partial charge on any atom is 0.380 e. The molecule has 4 aromatic carbocycles. The monoisotopic (exact) mass is 1020 g/mol. The van der Waals surface area contributed by atoms with Crippen LogP contribution >= 0.6 is 0 Å². The minimum absolute atomic E-state index is 0.0609. The Morgan fingerprint density at radius 3 is 1.16 bits per heavy atom. The van der Waals surface area contributed by atoms with E-state index in [0.717, 1.165) is 11.1 Å². The fraction of sp³-hybridized carbons (Fsp3) is 0.474. The molecule has 0 bridgehead atoms. The van der Waals surface area contributed by atoms with Gasteiger partial charge in [0.2, 0.25) is 0 Å². The number of furan rings is 2. The Balaban J connectivity index is 1.33. The molecule has 2 aliphatic rings. The predicted octanol–water partition coefficient (Wildman–Crippen LogP) is 12.8. The summed E-state index contributed by atoms with van der Waals surface area (Å²) in [5.74, 6) is -16.9. The van der Waals surface area contributed by atoms with Gasteiger partial charge in [-0.05, 0) is 64.3 Å². The Kier molecular flexibility index (Phi) is 15.9. The molecule has 0 radical (unpaired) electrons. The number of hydrogen-bond donors (Lipinski definition) is 0. The van der Waals surface area contributed by atoms with Gasteiger partial charge in [0.05, 0.1) is 66.1 Å². The highest BCUT2D eigenvalue weighted by atomic mass is 19.3. The quantitative estimate of drug-likeness (QED) is 0.0456. The molecule has 16 heteroatoms. The van der Waals surface area contributed by atoms with Crippen molar-refractivity contribution < 1.29 is 73.1 Å². The number of methoxy groups -OCH3 is 1. The minimum Gasteiger partial charge on any atom is -0.491 e. The van der Waals surface area contributed by atoms with Crippen molar-refractivity contribution in [1.29, 1.82) is 0 Å². The van der Waals surface area contributed by atoms with Crippen LogP contribution < -0.4 is 9.47 Å². The van der Waals surface area contributed by atoms with Gasteiger partial charge in [0.1, 0.15) is 52.8 Å². The Bertz CT molecular complexity index is 2810. The molecule has 10 nitrogen and oxygen atoms in total. The molecule has 0 unspecified atom stereocenters. The highest BCUT2D eigenvalue weighted by Crippen LogP contribution is 2.70. The summed E-state index contributed by atoms with van der Waals surface area (Å²) in [5.41, 5.74) is -4.61. The first-order valence-electron chi connectivity index (χ1n) is 24.6. The first kappa shape index (κ1) is 53.9. The van der Waals surface area contributed by atoms with Gasteiger partial charge < -0.3 is 46.7 Å². The lowest BCUT2D eigenvalue weighted by molar-refractivity contribution is -0.254. The summed E-state index contributed by atoms with van der Waals surface area (Å²) in [5, 5.41) is -0.224. The van der Waals surface area contributed by atoms with Gasteiger partial charge in [0.25, 0.3) is 0 Å². The van der Waals surface area contributed by atoms with Gasteiger partial charge >= 0.3 is 17.8 Å². The largest absolute Gasteiger partial charge is 0.491 e. The second kappa shape index (κ2) is 21.5. The number of alkyl halides is 6. The van der Waals surface area contributed by atoms with Crippen LogP contribution in [0.3, 0.4) is 0 Å². The Hall–Kier alpha value is -5.36. The zero-order valence-corrected chi connectivity index (χ0v) is 42.6. The summed E-state index contributed by atoms with van der Waals surface area (Å²) in [6.07, 6.45) is 0. The van der Waals surface area contributed by atoms with Crippen molar-refractivity contribution in [2.45, 2.75) is 82.5 Å². The van der Waals surface area contributed by atoms with Gasteiger partial charge in [0, 0.05) is 58.9 Å². The van der Waals surface area contributed by atoms with E-state index in [0.29, 0.717) is 57.4 Å². The van der Waals surface area contributed by atoms with Gasteiger partial charge in [-0.15, -0.1) is 0 Å². The molecule has 394 valence electrons. The van der Waals surface area contributed by atoms with Crippen molar-refractivity contribution in [2.75, 3.05) is 93.0 Å². The van der Waals surface area contributed by atoms with E-state index in [1.165, 1.54) is 36.4 Å². The molecule has 6 aromatic rings. The molecule has 73 heavy (non-hydrogen) atoms. The molecule has 0 amide bonds. The molecule has 2 aromatic heterocycles. The summed E-state index contributed by atoms with van der Waals surface area (Å²) in [4.78, 5) is 0. The molecular formula is C57H64F6O10. The van der Waals surface area contributed by atoms with Crippen molar-refractivity contribution >= 4 is 33.1 Å². The van der Waals surface area contributed by atoms with E-state index in [1.54, 1.807) is 31.4 Å². The molecule has 0 saturated carbocycles. The van der Waals surface area contributed by atoms with Gasteiger partial charge in [0.15, 0.2) is 0 Å². The SMILES string of the molecule is CCOCCOCCOCCOc1ccc2c3c(oc2c1)C(c1ccc(C(C)(C)C)cc1)(c1ccc(C(C)(C)C)cc1)c1oc2cc(OCCOCCOCCOC)ccc2c1C1=C3C(F)(F)C(F)(F)C1(F)F. The van der Waals surface area contributed by atoms with Crippen LogP contribution in [0.2, 0.25) is 0 Å².